The molecule has 0 unspecified atom stereocenters. The molecule has 10 heteroatoms. The third kappa shape index (κ3) is 4.68. The highest BCUT2D eigenvalue weighted by molar-refractivity contribution is 5.79. The van der Waals surface area contributed by atoms with Crippen LogP contribution in [0.15, 0.2) is 48.5 Å². The number of carbonyl (C=O) groups is 1. The van der Waals surface area contributed by atoms with Crippen LogP contribution in [0.2, 0.25) is 0 Å². The lowest BCUT2D eigenvalue weighted by atomic mass is 10.2. The highest BCUT2D eigenvalue weighted by atomic mass is 19.4. The minimum Gasteiger partial charge on any atom is -0.497 e. The van der Waals surface area contributed by atoms with Crippen molar-refractivity contribution in [2.75, 3.05) is 44.8 Å². The zero-order valence-electron chi connectivity index (χ0n) is 17.3. The van der Waals surface area contributed by atoms with E-state index in [1.54, 1.807) is 54.5 Å². The number of para-hydroxylation sites is 2. The van der Waals surface area contributed by atoms with Crippen molar-refractivity contribution >= 4 is 22.8 Å². The average Bonchev–Trinajstić information content (AvgIpc) is 2.81. The quantitative estimate of drug-likeness (QED) is 0.599. The first-order valence-corrected chi connectivity index (χ1v) is 9.99. The highest BCUT2D eigenvalue weighted by Gasteiger charge is 2.39. The van der Waals surface area contributed by atoms with Crippen LogP contribution in [0.1, 0.15) is 5.69 Å². The standard InChI is InChI=1S/C22H21F3N4O3/c1-31-15-6-8-16(9-7-15)32-14-19(30)28-10-12-29(13-11-28)21-20(22(23,24)25)26-17-4-2-3-5-18(17)27-21/h2-9H,10-14H2,1H3. The van der Waals surface area contributed by atoms with E-state index < -0.39 is 11.9 Å². The van der Waals surface area contributed by atoms with Crippen LogP contribution in [0.25, 0.3) is 11.0 Å². The summed E-state index contributed by atoms with van der Waals surface area (Å²) >= 11 is 0. The number of benzene rings is 2. The molecule has 0 spiro atoms. The Balaban J connectivity index is 1.41. The second kappa shape index (κ2) is 8.89. The summed E-state index contributed by atoms with van der Waals surface area (Å²) in [5, 5.41) is 0. The molecule has 1 aromatic heterocycles. The Morgan fingerprint density at radius 2 is 1.53 bits per heavy atom. The smallest absolute Gasteiger partial charge is 0.437 e. The Labute approximate surface area is 182 Å². The van der Waals surface area contributed by atoms with Crippen LogP contribution in [0.3, 0.4) is 0 Å². The number of nitrogens with zero attached hydrogens (tertiary/aromatic N) is 4. The lowest BCUT2D eigenvalue weighted by molar-refractivity contribution is -0.141. The van der Waals surface area contributed by atoms with Crippen molar-refractivity contribution < 1.29 is 27.4 Å². The van der Waals surface area contributed by atoms with Crippen LogP contribution >= 0.6 is 0 Å². The first-order valence-electron chi connectivity index (χ1n) is 9.99. The van der Waals surface area contributed by atoms with Crippen molar-refractivity contribution in [2.45, 2.75) is 6.18 Å². The van der Waals surface area contributed by atoms with E-state index in [1.807, 2.05) is 0 Å². The number of halogens is 3. The minimum atomic E-state index is -4.63. The lowest BCUT2D eigenvalue weighted by Crippen LogP contribution is -2.50. The Morgan fingerprint density at radius 3 is 2.12 bits per heavy atom. The highest BCUT2D eigenvalue weighted by Crippen LogP contribution is 2.35. The molecule has 0 atom stereocenters. The van der Waals surface area contributed by atoms with Gasteiger partial charge in [-0.1, -0.05) is 12.1 Å². The number of alkyl halides is 3. The zero-order chi connectivity index (χ0) is 22.7. The van der Waals surface area contributed by atoms with Gasteiger partial charge in [-0.05, 0) is 36.4 Å². The van der Waals surface area contributed by atoms with Gasteiger partial charge in [-0.15, -0.1) is 0 Å². The van der Waals surface area contributed by atoms with E-state index in [0.29, 0.717) is 17.0 Å². The van der Waals surface area contributed by atoms with Gasteiger partial charge in [-0.2, -0.15) is 13.2 Å². The maximum Gasteiger partial charge on any atom is 0.437 e. The Bertz CT molecular complexity index is 1100. The van der Waals surface area contributed by atoms with Crippen molar-refractivity contribution in [1.82, 2.24) is 14.9 Å². The lowest BCUT2D eigenvalue weighted by Gasteiger charge is -2.36. The summed E-state index contributed by atoms with van der Waals surface area (Å²) in [7, 11) is 1.56. The van der Waals surface area contributed by atoms with E-state index in [4.69, 9.17) is 9.47 Å². The number of fused-ring (bicyclic) bond motifs is 1. The Morgan fingerprint density at radius 1 is 0.938 bits per heavy atom. The van der Waals surface area contributed by atoms with Gasteiger partial charge in [0.25, 0.3) is 5.91 Å². The van der Waals surface area contributed by atoms with Gasteiger partial charge in [0, 0.05) is 26.2 Å². The van der Waals surface area contributed by atoms with Gasteiger partial charge in [0.1, 0.15) is 11.5 Å². The molecule has 0 aliphatic carbocycles. The van der Waals surface area contributed by atoms with E-state index in [0.717, 1.165) is 0 Å². The molecule has 0 N–H and O–H groups in total. The summed E-state index contributed by atoms with van der Waals surface area (Å²) in [4.78, 5) is 23.6. The summed E-state index contributed by atoms with van der Waals surface area (Å²) in [6, 6.07) is 13.3. The summed E-state index contributed by atoms with van der Waals surface area (Å²) in [5.41, 5.74) is -0.436. The normalized spacial score (nSPS) is 14.5. The Kier molecular flexibility index (Phi) is 6.02. The van der Waals surface area contributed by atoms with E-state index in [9.17, 15) is 18.0 Å². The molecule has 2 heterocycles. The van der Waals surface area contributed by atoms with E-state index in [1.165, 1.54) is 11.0 Å². The first kappa shape index (κ1) is 21.7. The molecule has 32 heavy (non-hydrogen) atoms. The van der Waals surface area contributed by atoms with Gasteiger partial charge < -0.3 is 19.3 Å². The summed E-state index contributed by atoms with van der Waals surface area (Å²) < 4.78 is 51.5. The second-order valence-corrected chi connectivity index (χ2v) is 7.21. The maximum absolute atomic E-state index is 13.6. The van der Waals surface area contributed by atoms with Crippen LogP contribution in [-0.2, 0) is 11.0 Å². The van der Waals surface area contributed by atoms with Crippen LogP contribution in [0, 0.1) is 0 Å². The SMILES string of the molecule is COc1ccc(OCC(=O)N2CCN(c3nc4ccccc4nc3C(F)(F)F)CC2)cc1. The predicted molar refractivity (Wildman–Crippen MR) is 112 cm³/mol. The predicted octanol–water partition coefficient (Wildman–Crippen LogP) is 3.38. The van der Waals surface area contributed by atoms with Gasteiger partial charge in [0.15, 0.2) is 18.1 Å². The molecule has 1 saturated heterocycles. The molecule has 2 aromatic carbocycles. The van der Waals surface area contributed by atoms with Gasteiger partial charge in [0.2, 0.25) is 0 Å². The molecule has 3 aromatic rings. The molecule has 0 bridgehead atoms. The van der Waals surface area contributed by atoms with Crippen LogP contribution < -0.4 is 14.4 Å². The second-order valence-electron chi connectivity index (χ2n) is 7.21. The molecule has 1 aliphatic heterocycles. The molecule has 1 aliphatic rings. The number of aromatic nitrogens is 2. The van der Waals surface area contributed by atoms with Gasteiger partial charge in [-0.3, -0.25) is 4.79 Å². The molecule has 168 valence electrons. The van der Waals surface area contributed by atoms with Crippen molar-refractivity contribution in [3.63, 3.8) is 0 Å². The van der Waals surface area contributed by atoms with E-state index in [2.05, 4.69) is 9.97 Å². The topological polar surface area (TPSA) is 67.8 Å². The van der Waals surface area contributed by atoms with E-state index in [-0.39, 0.29) is 50.0 Å². The van der Waals surface area contributed by atoms with Crippen molar-refractivity contribution in [3.05, 3.63) is 54.2 Å². The van der Waals surface area contributed by atoms with Crippen LogP contribution in [-0.4, -0.2) is 60.7 Å². The number of amides is 1. The largest absolute Gasteiger partial charge is 0.497 e. The first-order chi connectivity index (χ1) is 15.3. The number of anilines is 1. The molecule has 1 fully saturated rings. The number of hydrogen-bond donors (Lipinski definition) is 0. The number of hydrogen-bond acceptors (Lipinski definition) is 6. The molecule has 4 rings (SSSR count). The fourth-order valence-electron chi connectivity index (χ4n) is 3.48. The average molecular weight is 446 g/mol. The minimum absolute atomic E-state index is 0.157. The summed E-state index contributed by atoms with van der Waals surface area (Å²) in [6.45, 7) is 0.790. The van der Waals surface area contributed by atoms with Crippen molar-refractivity contribution in [2.24, 2.45) is 0 Å². The Hall–Kier alpha value is -3.56. The van der Waals surface area contributed by atoms with Gasteiger partial charge in [0.05, 0.1) is 18.1 Å². The molecular formula is C22H21F3N4O3. The van der Waals surface area contributed by atoms with Crippen LogP contribution in [0.5, 0.6) is 11.5 Å². The van der Waals surface area contributed by atoms with Crippen molar-refractivity contribution in [3.8, 4) is 11.5 Å². The van der Waals surface area contributed by atoms with Crippen molar-refractivity contribution in [1.29, 1.82) is 0 Å². The summed E-state index contributed by atoms with van der Waals surface area (Å²) in [5.74, 6) is 0.757. The fourth-order valence-corrected chi connectivity index (χ4v) is 3.48. The van der Waals surface area contributed by atoms with Gasteiger partial charge >= 0.3 is 6.18 Å². The number of carbonyl (C=O) groups excluding carboxylic acids is 1. The monoisotopic (exact) mass is 446 g/mol. The third-order valence-electron chi connectivity index (χ3n) is 5.17. The zero-order valence-corrected chi connectivity index (χ0v) is 17.3. The van der Waals surface area contributed by atoms with Crippen LogP contribution in [0.4, 0.5) is 19.0 Å². The molecule has 1 amide bonds. The summed E-state index contributed by atoms with van der Waals surface area (Å²) in [6.07, 6.45) is -4.63. The van der Waals surface area contributed by atoms with Gasteiger partial charge in [-0.25, -0.2) is 9.97 Å². The maximum atomic E-state index is 13.6. The number of piperazine rings is 1. The molecular weight excluding hydrogens is 425 g/mol. The molecule has 0 radical (unpaired) electrons. The molecule has 7 nitrogen and oxygen atoms in total. The number of methoxy groups -OCH3 is 1. The van der Waals surface area contributed by atoms with E-state index >= 15 is 0 Å². The number of rotatable bonds is 5. The number of ether oxygens (including phenoxy) is 2. The molecule has 0 saturated carbocycles. The fraction of sp³-hybridized carbons (Fsp3) is 0.318. The third-order valence-corrected chi connectivity index (χ3v) is 5.17.